The van der Waals surface area contributed by atoms with Gasteiger partial charge in [0.1, 0.15) is 0 Å². The highest BCUT2D eigenvalue weighted by Crippen LogP contribution is 2.68. The minimum Gasteiger partial charge on any atom is -0.383 e. The number of hydrogen-bond acceptors (Lipinski definition) is 3. The summed E-state index contributed by atoms with van der Waals surface area (Å²) >= 11 is 0. The quantitative estimate of drug-likeness (QED) is 0.784. The second kappa shape index (κ2) is 4.98. The summed E-state index contributed by atoms with van der Waals surface area (Å²) in [5.41, 5.74) is 1.71. The Morgan fingerprint density at radius 2 is 2.11 bits per heavy atom. The van der Waals surface area contributed by atoms with E-state index in [-0.39, 0.29) is 5.41 Å². The topological polar surface area (TPSA) is 34.1 Å². The average Bonchev–Trinajstić information content (AvgIpc) is 2.82. The highest BCUT2D eigenvalue weighted by atomic mass is 16.5. The number of ether oxygens (including phenoxy) is 1. The minimum absolute atomic E-state index is 0.189. The summed E-state index contributed by atoms with van der Waals surface area (Å²) in [6.45, 7) is 9.73. The number of nitrogens with one attached hydrogen (secondary N) is 1. The molecule has 0 aliphatic heterocycles. The molecule has 100 valence electrons. The first kappa shape index (κ1) is 13.5. The predicted octanol–water partition coefficient (Wildman–Crippen LogP) is 2.23. The number of rotatable bonds is 6. The van der Waals surface area contributed by atoms with Crippen LogP contribution in [0.5, 0.6) is 0 Å². The molecule has 3 nitrogen and oxygen atoms in total. The van der Waals surface area contributed by atoms with Gasteiger partial charge in [-0.3, -0.25) is 4.98 Å². The van der Waals surface area contributed by atoms with E-state index in [4.69, 9.17) is 4.74 Å². The van der Waals surface area contributed by atoms with Crippen LogP contribution >= 0.6 is 0 Å². The number of methoxy groups -OCH3 is 1. The van der Waals surface area contributed by atoms with Crippen LogP contribution in [-0.2, 0) is 10.2 Å². The standard InChI is InChI=1S/C15H24N2O/c1-14(2)12(11-16-9-10-18-4)15(14,3)13-7-5-6-8-17-13/h5-8,12,16H,9-11H2,1-4H3. The molecule has 1 aliphatic rings. The van der Waals surface area contributed by atoms with Crippen LogP contribution in [0.25, 0.3) is 0 Å². The van der Waals surface area contributed by atoms with Gasteiger partial charge in [0.25, 0.3) is 0 Å². The summed E-state index contributed by atoms with van der Waals surface area (Å²) in [6, 6.07) is 6.21. The first-order valence-corrected chi connectivity index (χ1v) is 6.66. The number of nitrogens with zero attached hydrogens (tertiary/aromatic N) is 1. The molecule has 1 aromatic heterocycles. The van der Waals surface area contributed by atoms with Crippen molar-refractivity contribution in [2.24, 2.45) is 11.3 Å². The molecule has 0 spiro atoms. The lowest BCUT2D eigenvalue weighted by Crippen LogP contribution is -2.24. The molecule has 0 aromatic carbocycles. The Bertz CT molecular complexity index is 391. The molecule has 1 N–H and O–H groups in total. The maximum atomic E-state index is 5.06. The van der Waals surface area contributed by atoms with E-state index in [1.807, 2.05) is 12.3 Å². The molecule has 2 unspecified atom stereocenters. The normalized spacial score (nSPS) is 29.2. The summed E-state index contributed by atoms with van der Waals surface area (Å²) in [5.74, 6) is 0.636. The van der Waals surface area contributed by atoms with Gasteiger partial charge in [0, 0.05) is 31.0 Å². The second-order valence-corrected chi connectivity index (χ2v) is 5.89. The van der Waals surface area contributed by atoms with E-state index in [1.165, 1.54) is 5.69 Å². The van der Waals surface area contributed by atoms with Crippen molar-refractivity contribution >= 4 is 0 Å². The van der Waals surface area contributed by atoms with Crippen molar-refractivity contribution in [3.63, 3.8) is 0 Å². The smallest absolute Gasteiger partial charge is 0.0587 e. The number of hydrogen-bond donors (Lipinski definition) is 1. The number of aromatic nitrogens is 1. The zero-order chi connectivity index (χ0) is 13.2. The third-order valence-corrected chi connectivity index (χ3v) is 4.85. The zero-order valence-corrected chi connectivity index (χ0v) is 11.9. The lowest BCUT2D eigenvalue weighted by molar-refractivity contribution is 0.198. The summed E-state index contributed by atoms with van der Waals surface area (Å²) < 4.78 is 5.06. The van der Waals surface area contributed by atoms with Crippen LogP contribution in [0, 0.1) is 11.3 Å². The molecule has 18 heavy (non-hydrogen) atoms. The Hall–Kier alpha value is -0.930. The molecule has 1 fully saturated rings. The van der Waals surface area contributed by atoms with Crippen molar-refractivity contribution in [3.05, 3.63) is 30.1 Å². The van der Waals surface area contributed by atoms with Crippen molar-refractivity contribution in [2.45, 2.75) is 26.2 Å². The van der Waals surface area contributed by atoms with Gasteiger partial charge in [0.05, 0.1) is 6.61 Å². The molecule has 0 saturated heterocycles. The summed E-state index contributed by atoms with van der Waals surface area (Å²) in [7, 11) is 1.74. The van der Waals surface area contributed by atoms with Crippen molar-refractivity contribution in [3.8, 4) is 0 Å². The SMILES string of the molecule is COCCNCC1C(C)(C)C1(C)c1ccccn1. The lowest BCUT2D eigenvalue weighted by atomic mass is 9.94. The monoisotopic (exact) mass is 248 g/mol. The first-order valence-electron chi connectivity index (χ1n) is 6.66. The molecule has 1 aromatic rings. The molecule has 0 amide bonds. The van der Waals surface area contributed by atoms with Gasteiger partial charge < -0.3 is 10.1 Å². The van der Waals surface area contributed by atoms with Crippen molar-refractivity contribution in [2.75, 3.05) is 26.8 Å². The lowest BCUT2D eigenvalue weighted by Gasteiger charge is -2.13. The third kappa shape index (κ3) is 2.06. The zero-order valence-electron chi connectivity index (χ0n) is 11.9. The van der Waals surface area contributed by atoms with Crippen molar-refractivity contribution in [1.29, 1.82) is 0 Å². The molecule has 1 saturated carbocycles. The van der Waals surface area contributed by atoms with E-state index in [0.717, 1.165) is 19.7 Å². The van der Waals surface area contributed by atoms with Crippen LogP contribution in [-0.4, -0.2) is 31.8 Å². The van der Waals surface area contributed by atoms with Gasteiger partial charge >= 0.3 is 0 Å². The van der Waals surface area contributed by atoms with E-state index in [1.54, 1.807) is 7.11 Å². The van der Waals surface area contributed by atoms with Crippen LogP contribution in [0.2, 0.25) is 0 Å². The van der Waals surface area contributed by atoms with E-state index >= 15 is 0 Å². The van der Waals surface area contributed by atoms with Crippen molar-refractivity contribution in [1.82, 2.24) is 10.3 Å². The summed E-state index contributed by atoms with van der Waals surface area (Å²) in [5, 5.41) is 3.48. The van der Waals surface area contributed by atoms with Gasteiger partial charge in [-0.15, -0.1) is 0 Å². The molecule has 0 bridgehead atoms. The molecular weight excluding hydrogens is 224 g/mol. The van der Waals surface area contributed by atoms with E-state index in [2.05, 4.69) is 43.2 Å². The van der Waals surface area contributed by atoms with Crippen LogP contribution in [0.3, 0.4) is 0 Å². The van der Waals surface area contributed by atoms with Crippen LogP contribution in [0.1, 0.15) is 26.5 Å². The Balaban J connectivity index is 2.01. The van der Waals surface area contributed by atoms with Gasteiger partial charge in [-0.2, -0.15) is 0 Å². The Morgan fingerprint density at radius 1 is 1.33 bits per heavy atom. The van der Waals surface area contributed by atoms with E-state index < -0.39 is 0 Å². The van der Waals surface area contributed by atoms with Crippen molar-refractivity contribution < 1.29 is 4.74 Å². The Labute approximate surface area is 110 Å². The van der Waals surface area contributed by atoms with Gasteiger partial charge in [0.15, 0.2) is 0 Å². The van der Waals surface area contributed by atoms with Crippen LogP contribution in [0.15, 0.2) is 24.4 Å². The Kier molecular flexibility index (Phi) is 3.74. The molecule has 1 heterocycles. The molecule has 0 radical (unpaired) electrons. The molecule has 1 aliphatic carbocycles. The molecule has 2 atom stereocenters. The largest absolute Gasteiger partial charge is 0.383 e. The predicted molar refractivity (Wildman–Crippen MR) is 73.6 cm³/mol. The fraction of sp³-hybridized carbons (Fsp3) is 0.667. The Morgan fingerprint density at radius 3 is 2.72 bits per heavy atom. The van der Waals surface area contributed by atoms with Gasteiger partial charge in [-0.25, -0.2) is 0 Å². The summed E-state index contributed by atoms with van der Waals surface area (Å²) in [4.78, 5) is 4.55. The molecule has 2 rings (SSSR count). The van der Waals surface area contributed by atoms with Crippen LogP contribution in [0.4, 0.5) is 0 Å². The highest BCUT2D eigenvalue weighted by Gasteiger charge is 2.68. The summed E-state index contributed by atoms with van der Waals surface area (Å²) in [6.07, 6.45) is 1.89. The fourth-order valence-corrected chi connectivity index (χ4v) is 3.16. The van der Waals surface area contributed by atoms with Gasteiger partial charge in [-0.1, -0.05) is 26.8 Å². The second-order valence-electron chi connectivity index (χ2n) is 5.89. The van der Waals surface area contributed by atoms with Gasteiger partial charge in [-0.05, 0) is 30.0 Å². The van der Waals surface area contributed by atoms with Gasteiger partial charge in [0.2, 0.25) is 0 Å². The maximum absolute atomic E-state index is 5.06. The van der Waals surface area contributed by atoms with E-state index in [9.17, 15) is 0 Å². The highest BCUT2D eigenvalue weighted by molar-refractivity contribution is 5.34. The molecule has 3 heteroatoms. The number of pyridine rings is 1. The third-order valence-electron chi connectivity index (χ3n) is 4.85. The maximum Gasteiger partial charge on any atom is 0.0587 e. The first-order chi connectivity index (χ1) is 8.55. The minimum atomic E-state index is 0.189. The molecular formula is C15H24N2O. The van der Waals surface area contributed by atoms with E-state index in [0.29, 0.717) is 11.3 Å². The van der Waals surface area contributed by atoms with Crippen LogP contribution < -0.4 is 5.32 Å². The fourth-order valence-electron chi connectivity index (χ4n) is 3.16. The average molecular weight is 248 g/mol.